The summed E-state index contributed by atoms with van der Waals surface area (Å²) in [5, 5.41) is 0. The van der Waals surface area contributed by atoms with Gasteiger partial charge in [-0.2, -0.15) is 0 Å². The summed E-state index contributed by atoms with van der Waals surface area (Å²) in [5.74, 6) is -0.0419. The van der Waals surface area contributed by atoms with Crippen LogP contribution in [0.4, 0.5) is 11.4 Å². The lowest BCUT2D eigenvalue weighted by molar-refractivity contribution is 0.592. The van der Waals surface area contributed by atoms with Gasteiger partial charge in [-0.05, 0) is 30.5 Å². The fraction of sp³-hybridized carbons (Fsp3) is 0.455. The Balaban J connectivity index is 2.47. The summed E-state index contributed by atoms with van der Waals surface area (Å²) in [6.45, 7) is 2.54. The number of nitrogens with two attached hydrogens (primary N) is 2. The molecule has 1 aliphatic rings. The smallest absolute Gasteiger partial charge is 0.236 e. The minimum Gasteiger partial charge on any atom is -0.397 e. The third kappa shape index (κ3) is 2.10. The predicted octanol–water partition coefficient (Wildman–Crippen LogP) is 0.228. The quantitative estimate of drug-likeness (QED) is 0.756. The van der Waals surface area contributed by atoms with E-state index in [4.69, 9.17) is 11.5 Å². The van der Waals surface area contributed by atoms with E-state index in [-0.39, 0.29) is 12.3 Å². The van der Waals surface area contributed by atoms with Crippen LogP contribution in [0.1, 0.15) is 11.1 Å². The molecular formula is C11H17N3O2S. The lowest BCUT2D eigenvalue weighted by Crippen LogP contribution is -2.34. The Bertz CT molecular complexity index is 540. The highest BCUT2D eigenvalue weighted by molar-refractivity contribution is 7.92. The van der Waals surface area contributed by atoms with Crippen molar-refractivity contribution in [1.82, 2.24) is 0 Å². The maximum absolute atomic E-state index is 12.0. The first kappa shape index (κ1) is 12.2. The van der Waals surface area contributed by atoms with Crippen LogP contribution in [0.15, 0.2) is 12.1 Å². The molecule has 0 bridgehead atoms. The zero-order valence-corrected chi connectivity index (χ0v) is 10.6. The van der Waals surface area contributed by atoms with Crippen LogP contribution in [0.2, 0.25) is 0 Å². The zero-order chi connectivity index (χ0) is 12.6. The van der Waals surface area contributed by atoms with Gasteiger partial charge in [-0.15, -0.1) is 0 Å². The topological polar surface area (TPSA) is 89.4 Å². The van der Waals surface area contributed by atoms with Crippen LogP contribution in [0.5, 0.6) is 0 Å². The van der Waals surface area contributed by atoms with Gasteiger partial charge in [0.2, 0.25) is 10.0 Å². The van der Waals surface area contributed by atoms with Crippen molar-refractivity contribution in [3.05, 3.63) is 23.3 Å². The maximum atomic E-state index is 12.0. The molecule has 0 spiro atoms. The van der Waals surface area contributed by atoms with E-state index in [0.29, 0.717) is 24.3 Å². The molecule has 4 N–H and O–H groups in total. The number of nitrogen functional groups attached to an aromatic ring is 1. The standard InChI is InChI=1S/C11H17N3O2S/c1-8-6-9-2-4-14(11(9)10(13)7-8)17(15,16)5-3-12/h6-7H,2-5,12-13H2,1H3. The average Bonchev–Trinajstić information content (AvgIpc) is 2.61. The molecule has 6 heteroatoms. The molecule has 0 atom stereocenters. The second-order valence-electron chi connectivity index (χ2n) is 4.29. The van der Waals surface area contributed by atoms with Crippen LogP contribution < -0.4 is 15.8 Å². The fourth-order valence-electron chi connectivity index (χ4n) is 2.25. The van der Waals surface area contributed by atoms with E-state index in [1.165, 1.54) is 4.31 Å². The molecule has 0 aromatic heterocycles. The van der Waals surface area contributed by atoms with Crippen molar-refractivity contribution in [2.75, 3.05) is 28.9 Å². The SMILES string of the molecule is Cc1cc(N)c2c(c1)CCN2S(=O)(=O)CCN. The lowest BCUT2D eigenvalue weighted by atomic mass is 10.1. The van der Waals surface area contributed by atoms with Gasteiger partial charge < -0.3 is 11.5 Å². The summed E-state index contributed by atoms with van der Waals surface area (Å²) in [6, 6.07) is 3.79. The van der Waals surface area contributed by atoms with E-state index < -0.39 is 10.0 Å². The molecule has 1 aromatic rings. The van der Waals surface area contributed by atoms with Gasteiger partial charge in [0.15, 0.2) is 0 Å². The Morgan fingerprint density at radius 3 is 2.76 bits per heavy atom. The minimum atomic E-state index is -3.33. The van der Waals surface area contributed by atoms with E-state index >= 15 is 0 Å². The molecule has 0 radical (unpaired) electrons. The number of aryl methyl sites for hydroxylation is 1. The number of anilines is 2. The van der Waals surface area contributed by atoms with Crippen molar-refractivity contribution in [1.29, 1.82) is 0 Å². The molecule has 0 saturated carbocycles. The average molecular weight is 255 g/mol. The lowest BCUT2D eigenvalue weighted by Gasteiger charge is -2.20. The monoisotopic (exact) mass is 255 g/mol. The molecule has 1 heterocycles. The van der Waals surface area contributed by atoms with Gasteiger partial charge in [0.1, 0.15) is 0 Å². The number of hydrogen-bond donors (Lipinski definition) is 2. The highest BCUT2D eigenvalue weighted by atomic mass is 32.2. The van der Waals surface area contributed by atoms with E-state index in [1.54, 1.807) is 6.07 Å². The predicted molar refractivity (Wildman–Crippen MR) is 69.5 cm³/mol. The third-order valence-corrected chi connectivity index (χ3v) is 4.70. The molecular weight excluding hydrogens is 238 g/mol. The summed E-state index contributed by atoms with van der Waals surface area (Å²) in [5.41, 5.74) is 14.5. The van der Waals surface area contributed by atoms with Gasteiger partial charge in [0, 0.05) is 13.1 Å². The summed E-state index contributed by atoms with van der Waals surface area (Å²) in [6.07, 6.45) is 0.713. The Hall–Kier alpha value is -1.27. The van der Waals surface area contributed by atoms with Crippen molar-refractivity contribution in [2.45, 2.75) is 13.3 Å². The number of rotatable bonds is 3. The van der Waals surface area contributed by atoms with Crippen molar-refractivity contribution < 1.29 is 8.42 Å². The van der Waals surface area contributed by atoms with Gasteiger partial charge in [0.05, 0.1) is 17.1 Å². The molecule has 1 aromatic carbocycles. The first-order chi connectivity index (χ1) is 7.95. The third-order valence-electron chi connectivity index (χ3n) is 2.91. The first-order valence-electron chi connectivity index (χ1n) is 5.55. The molecule has 94 valence electrons. The summed E-state index contributed by atoms with van der Waals surface area (Å²) in [4.78, 5) is 0. The Labute approximate surface area is 101 Å². The molecule has 5 nitrogen and oxygen atoms in total. The Kier molecular flexibility index (Phi) is 3.01. The first-order valence-corrected chi connectivity index (χ1v) is 7.16. The Morgan fingerprint density at radius 2 is 2.12 bits per heavy atom. The van der Waals surface area contributed by atoms with Gasteiger partial charge in [-0.25, -0.2) is 8.42 Å². The Morgan fingerprint density at radius 1 is 1.41 bits per heavy atom. The van der Waals surface area contributed by atoms with Crippen molar-refractivity contribution >= 4 is 21.4 Å². The number of hydrogen-bond acceptors (Lipinski definition) is 4. The van der Waals surface area contributed by atoms with Gasteiger partial charge in [-0.3, -0.25) is 4.31 Å². The summed E-state index contributed by atoms with van der Waals surface area (Å²) in [7, 11) is -3.33. The zero-order valence-electron chi connectivity index (χ0n) is 9.81. The number of sulfonamides is 1. The second kappa shape index (κ2) is 4.19. The van der Waals surface area contributed by atoms with Crippen LogP contribution in [-0.4, -0.2) is 27.3 Å². The largest absolute Gasteiger partial charge is 0.397 e. The fourth-order valence-corrected chi connectivity index (χ4v) is 3.64. The molecule has 0 saturated heterocycles. The molecule has 17 heavy (non-hydrogen) atoms. The molecule has 0 aliphatic carbocycles. The molecule has 2 rings (SSSR count). The second-order valence-corrected chi connectivity index (χ2v) is 6.30. The summed E-state index contributed by atoms with van der Waals surface area (Å²) < 4.78 is 25.4. The number of benzene rings is 1. The maximum Gasteiger partial charge on any atom is 0.236 e. The number of nitrogens with zero attached hydrogens (tertiary/aromatic N) is 1. The van der Waals surface area contributed by atoms with Crippen molar-refractivity contribution in [2.24, 2.45) is 5.73 Å². The van der Waals surface area contributed by atoms with Crippen molar-refractivity contribution in [3.63, 3.8) is 0 Å². The summed E-state index contributed by atoms with van der Waals surface area (Å²) >= 11 is 0. The molecule has 0 unspecified atom stereocenters. The van der Waals surface area contributed by atoms with E-state index in [2.05, 4.69) is 0 Å². The normalized spacial score (nSPS) is 15.1. The number of fused-ring (bicyclic) bond motifs is 1. The molecule has 0 amide bonds. The van der Waals surface area contributed by atoms with E-state index in [0.717, 1.165) is 11.1 Å². The van der Waals surface area contributed by atoms with Gasteiger partial charge in [0.25, 0.3) is 0 Å². The van der Waals surface area contributed by atoms with Crippen LogP contribution in [0.3, 0.4) is 0 Å². The van der Waals surface area contributed by atoms with Gasteiger partial charge >= 0.3 is 0 Å². The van der Waals surface area contributed by atoms with Crippen LogP contribution >= 0.6 is 0 Å². The highest BCUT2D eigenvalue weighted by Crippen LogP contribution is 2.36. The van der Waals surface area contributed by atoms with E-state index in [1.807, 2.05) is 13.0 Å². The van der Waals surface area contributed by atoms with Crippen molar-refractivity contribution in [3.8, 4) is 0 Å². The van der Waals surface area contributed by atoms with Crippen LogP contribution in [0.25, 0.3) is 0 Å². The van der Waals surface area contributed by atoms with Crippen LogP contribution in [-0.2, 0) is 16.4 Å². The van der Waals surface area contributed by atoms with E-state index in [9.17, 15) is 8.42 Å². The van der Waals surface area contributed by atoms with Crippen LogP contribution in [0, 0.1) is 6.92 Å². The molecule has 1 aliphatic heterocycles. The highest BCUT2D eigenvalue weighted by Gasteiger charge is 2.30. The molecule has 0 fully saturated rings. The minimum absolute atomic E-state index is 0.0419. The van der Waals surface area contributed by atoms with Gasteiger partial charge in [-0.1, -0.05) is 6.07 Å².